The maximum atomic E-state index is 13.0. The number of pyridine rings is 1. The van der Waals surface area contributed by atoms with Gasteiger partial charge in [0.1, 0.15) is 11.4 Å². The SMILES string of the molecule is COc1ncccc1C(=O)N(C)C(C)c1ccc(F)cc1. The number of hydrogen-bond donors (Lipinski definition) is 0. The largest absolute Gasteiger partial charge is 0.480 e. The van der Waals surface area contributed by atoms with E-state index in [-0.39, 0.29) is 17.8 Å². The van der Waals surface area contributed by atoms with Crippen molar-refractivity contribution in [2.75, 3.05) is 14.2 Å². The number of halogens is 1. The van der Waals surface area contributed by atoms with Crippen molar-refractivity contribution < 1.29 is 13.9 Å². The maximum absolute atomic E-state index is 13.0. The second kappa shape index (κ2) is 6.35. The lowest BCUT2D eigenvalue weighted by Gasteiger charge is -2.25. The van der Waals surface area contributed by atoms with Crippen LogP contribution in [0.1, 0.15) is 28.9 Å². The minimum Gasteiger partial charge on any atom is -0.480 e. The fraction of sp³-hybridized carbons (Fsp3) is 0.250. The van der Waals surface area contributed by atoms with Crippen LogP contribution >= 0.6 is 0 Å². The highest BCUT2D eigenvalue weighted by atomic mass is 19.1. The lowest BCUT2D eigenvalue weighted by Crippen LogP contribution is -2.30. The van der Waals surface area contributed by atoms with Crippen molar-refractivity contribution >= 4 is 5.91 Å². The number of amides is 1. The van der Waals surface area contributed by atoms with Crippen LogP contribution in [0.5, 0.6) is 5.88 Å². The molecule has 0 fully saturated rings. The van der Waals surface area contributed by atoms with Gasteiger partial charge in [-0.25, -0.2) is 9.37 Å². The summed E-state index contributed by atoms with van der Waals surface area (Å²) in [6.07, 6.45) is 1.57. The summed E-state index contributed by atoms with van der Waals surface area (Å²) in [6.45, 7) is 1.88. The Balaban J connectivity index is 2.24. The molecule has 1 aromatic carbocycles. The summed E-state index contributed by atoms with van der Waals surface area (Å²) in [5, 5.41) is 0. The Morgan fingerprint density at radius 2 is 1.95 bits per heavy atom. The molecule has 1 atom stereocenters. The number of hydrogen-bond acceptors (Lipinski definition) is 3. The number of methoxy groups -OCH3 is 1. The van der Waals surface area contributed by atoms with Gasteiger partial charge in [-0.15, -0.1) is 0 Å². The molecule has 1 amide bonds. The average Bonchev–Trinajstić information content (AvgIpc) is 2.53. The van der Waals surface area contributed by atoms with Crippen LogP contribution in [0.4, 0.5) is 4.39 Å². The van der Waals surface area contributed by atoms with Crippen molar-refractivity contribution in [3.63, 3.8) is 0 Å². The zero-order valence-corrected chi connectivity index (χ0v) is 12.2. The third-order valence-corrected chi connectivity index (χ3v) is 3.45. The fourth-order valence-corrected chi connectivity index (χ4v) is 2.05. The minimum atomic E-state index is -0.297. The molecule has 0 aliphatic rings. The van der Waals surface area contributed by atoms with Gasteiger partial charge in [-0.1, -0.05) is 12.1 Å². The van der Waals surface area contributed by atoms with Crippen LogP contribution in [0.15, 0.2) is 42.6 Å². The standard InChI is InChI=1S/C16H17FN2O2/c1-11(12-6-8-13(17)9-7-12)19(2)16(20)14-5-4-10-18-15(14)21-3/h4-11H,1-3H3. The molecule has 1 unspecified atom stereocenters. The van der Waals surface area contributed by atoms with Gasteiger partial charge >= 0.3 is 0 Å². The van der Waals surface area contributed by atoms with Gasteiger partial charge in [0.25, 0.3) is 5.91 Å². The number of carbonyl (C=O) groups is 1. The Kier molecular flexibility index (Phi) is 4.52. The van der Waals surface area contributed by atoms with Gasteiger partial charge in [0.05, 0.1) is 13.2 Å². The van der Waals surface area contributed by atoms with Crippen LogP contribution in [0.2, 0.25) is 0 Å². The molecule has 1 aromatic heterocycles. The topological polar surface area (TPSA) is 42.4 Å². The summed E-state index contributed by atoms with van der Waals surface area (Å²) in [6, 6.07) is 9.27. The molecule has 0 aliphatic heterocycles. The number of ether oxygens (including phenoxy) is 1. The van der Waals surface area contributed by atoms with Crippen LogP contribution in [0.25, 0.3) is 0 Å². The van der Waals surface area contributed by atoms with Crippen molar-refractivity contribution in [1.29, 1.82) is 0 Å². The summed E-state index contributed by atoms with van der Waals surface area (Å²) >= 11 is 0. The molecule has 0 radical (unpaired) electrons. The predicted molar refractivity (Wildman–Crippen MR) is 77.7 cm³/mol. The van der Waals surface area contributed by atoms with Gasteiger partial charge in [0.15, 0.2) is 0 Å². The van der Waals surface area contributed by atoms with Crippen LogP contribution in [0.3, 0.4) is 0 Å². The molecule has 0 saturated carbocycles. The average molecular weight is 288 g/mol. The summed E-state index contributed by atoms with van der Waals surface area (Å²) in [4.78, 5) is 18.1. The lowest BCUT2D eigenvalue weighted by molar-refractivity contribution is 0.0738. The highest BCUT2D eigenvalue weighted by Crippen LogP contribution is 2.23. The van der Waals surface area contributed by atoms with E-state index in [2.05, 4.69) is 4.98 Å². The summed E-state index contributed by atoms with van der Waals surface area (Å²) < 4.78 is 18.1. The summed E-state index contributed by atoms with van der Waals surface area (Å²) in [7, 11) is 3.17. The van der Waals surface area contributed by atoms with Gasteiger partial charge in [-0.3, -0.25) is 4.79 Å². The Morgan fingerprint density at radius 3 is 2.57 bits per heavy atom. The van der Waals surface area contributed by atoms with Crippen LogP contribution in [0, 0.1) is 5.82 Å². The van der Waals surface area contributed by atoms with E-state index in [4.69, 9.17) is 4.74 Å². The highest BCUT2D eigenvalue weighted by Gasteiger charge is 2.22. The molecule has 2 rings (SSSR count). The second-order valence-corrected chi connectivity index (χ2v) is 4.70. The Morgan fingerprint density at radius 1 is 1.29 bits per heavy atom. The number of nitrogens with zero attached hydrogens (tertiary/aromatic N) is 2. The van der Waals surface area contributed by atoms with Crippen molar-refractivity contribution in [2.45, 2.75) is 13.0 Å². The van der Waals surface area contributed by atoms with E-state index in [0.29, 0.717) is 11.4 Å². The van der Waals surface area contributed by atoms with E-state index >= 15 is 0 Å². The smallest absolute Gasteiger partial charge is 0.259 e. The normalized spacial score (nSPS) is 11.8. The van der Waals surface area contributed by atoms with E-state index in [1.807, 2.05) is 6.92 Å². The molecule has 5 heteroatoms. The molecular weight excluding hydrogens is 271 g/mol. The van der Waals surface area contributed by atoms with Crippen LogP contribution in [-0.2, 0) is 0 Å². The first-order valence-corrected chi connectivity index (χ1v) is 6.56. The number of benzene rings is 1. The van der Waals surface area contributed by atoms with E-state index in [1.165, 1.54) is 19.2 Å². The molecule has 0 spiro atoms. The molecule has 0 saturated heterocycles. The molecule has 21 heavy (non-hydrogen) atoms. The first-order valence-electron chi connectivity index (χ1n) is 6.56. The predicted octanol–water partition coefficient (Wildman–Crippen LogP) is 3.06. The fourth-order valence-electron chi connectivity index (χ4n) is 2.05. The molecule has 4 nitrogen and oxygen atoms in total. The molecule has 1 heterocycles. The zero-order valence-electron chi connectivity index (χ0n) is 12.2. The van der Waals surface area contributed by atoms with Crippen molar-refractivity contribution in [3.05, 3.63) is 59.5 Å². The Hall–Kier alpha value is -2.43. The highest BCUT2D eigenvalue weighted by molar-refractivity contribution is 5.96. The van der Waals surface area contributed by atoms with E-state index < -0.39 is 0 Å². The maximum Gasteiger partial charge on any atom is 0.259 e. The van der Waals surface area contributed by atoms with Gasteiger partial charge in [0, 0.05) is 13.2 Å². The number of rotatable bonds is 4. The van der Waals surface area contributed by atoms with E-state index in [1.54, 1.807) is 42.4 Å². The first-order chi connectivity index (χ1) is 10.0. The summed E-state index contributed by atoms with van der Waals surface area (Å²) in [5.41, 5.74) is 1.26. The molecular formula is C16H17FN2O2. The molecule has 0 N–H and O–H groups in total. The third kappa shape index (κ3) is 3.18. The van der Waals surface area contributed by atoms with Gasteiger partial charge in [-0.2, -0.15) is 0 Å². The van der Waals surface area contributed by atoms with Gasteiger partial charge < -0.3 is 9.64 Å². The molecule has 2 aromatic rings. The van der Waals surface area contributed by atoms with E-state index in [9.17, 15) is 9.18 Å². The minimum absolute atomic E-state index is 0.192. The van der Waals surface area contributed by atoms with Crippen LogP contribution < -0.4 is 4.74 Å². The quantitative estimate of drug-likeness (QED) is 0.868. The first kappa shape index (κ1) is 15.0. The Labute approximate surface area is 123 Å². The van der Waals surface area contributed by atoms with Crippen molar-refractivity contribution in [1.82, 2.24) is 9.88 Å². The van der Waals surface area contributed by atoms with Gasteiger partial charge in [0.2, 0.25) is 5.88 Å². The monoisotopic (exact) mass is 288 g/mol. The number of aromatic nitrogens is 1. The number of carbonyl (C=O) groups excluding carboxylic acids is 1. The van der Waals surface area contributed by atoms with E-state index in [0.717, 1.165) is 5.56 Å². The molecule has 0 bridgehead atoms. The van der Waals surface area contributed by atoms with Gasteiger partial charge in [-0.05, 0) is 36.8 Å². The molecule has 110 valence electrons. The summed E-state index contributed by atoms with van der Waals surface area (Å²) in [5.74, 6) is -0.203. The van der Waals surface area contributed by atoms with Crippen molar-refractivity contribution in [3.8, 4) is 5.88 Å². The van der Waals surface area contributed by atoms with Crippen molar-refractivity contribution in [2.24, 2.45) is 0 Å². The third-order valence-electron chi connectivity index (χ3n) is 3.45. The zero-order chi connectivity index (χ0) is 15.4. The Bertz CT molecular complexity index is 628. The lowest BCUT2D eigenvalue weighted by atomic mass is 10.1. The second-order valence-electron chi connectivity index (χ2n) is 4.70. The van der Waals surface area contributed by atoms with Crippen LogP contribution in [-0.4, -0.2) is 29.9 Å². The molecule has 0 aliphatic carbocycles.